The van der Waals surface area contributed by atoms with Gasteiger partial charge in [-0.1, -0.05) is 18.2 Å². The summed E-state index contributed by atoms with van der Waals surface area (Å²) in [5.41, 5.74) is 5.12. The van der Waals surface area contributed by atoms with Crippen LogP contribution in [0.15, 0.2) is 42.5 Å². The number of nitrogens with two attached hydrogens (primary N) is 1. The number of imide groups is 1. The Hall–Kier alpha value is -3.60. The number of alkyl halides is 3. The van der Waals surface area contributed by atoms with Crippen LogP contribution in [0, 0.1) is 0 Å². The Kier molecular flexibility index (Phi) is 6.68. The molecule has 170 valence electrons. The van der Waals surface area contributed by atoms with Gasteiger partial charge < -0.3 is 19.9 Å². The molecule has 0 radical (unpaired) electrons. The summed E-state index contributed by atoms with van der Waals surface area (Å²) in [5, 5.41) is 2.02. The summed E-state index contributed by atoms with van der Waals surface area (Å²) in [5.74, 6) is -1.16. The Morgan fingerprint density at radius 2 is 1.81 bits per heavy atom. The van der Waals surface area contributed by atoms with Gasteiger partial charge in [0.05, 0.1) is 12.7 Å². The van der Waals surface area contributed by atoms with E-state index in [1.807, 2.05) is 5.32 Å². The van der Waals surface area contributed by atoms with Crippen LogP contribution in [0.2, 0.25) is 0 Å². The summed E-state index contributed by atoms with van der Waals surface area (Å²) in [7, 11) is 1.10. The van der Waals surface area contributed by atoms with E-state index in [0.717, 1.165) is 13.2 Å². The highest BCUT2D eigenvalue weighted by molar-refractivity contribution is 6.00. The third kappa shape index (κ3) is 5.55. The van der Waals surface area contributed by atoms with Gasteiger partial charge in [0.1, 0.15) is 17.5 Å². The van der Waals surface area contributed by atoms with Crippen molar-refractivity contribution in [1.29, 1.82) is 0 Å². The molecule has 2 amide bonds. The number of benzene rings is 2. The number of rotatable bonds is 7. The monoisotopic (exact) mass is 452 g/mol. The minimum Gasteiger partial charge on any atom is -0.468 e. The summed E-state index contributed by atoms with van der Waals surface area (Å²) in [6.07, 6.45) is -6.64. The second-order valence-electron chi connectivity index (χ2n) is 6.98. The SMILES string of the molecule is COC(=O)C(N)Cc1ccc(Oc2ccc(CC3OC(=O)NC3=O)cc2)cc1C(F)(F)F. The van der Waals surface area contributed by atoms with Gasteiger partial charge in [0.15, 0.2) is 6.10 Å². The number of amides is 2. The molecule has 1 saturated heterocycles. The minimum absolute atomic E-state index is 0.0652. The first-order valence-corrected chi connectivity index (χ1v) is 9.38. The maximum absolute atomic E-state index is 13.5. The second kappa shape index (κ2) is 9.27. The van der Waals surface area contributed by atoms with E-state index in [1.165, 1.54) is 24.3 Å². The van der Waals surface area contributed by atoms with Gasteiger partial charge in [0.2, 0.25) is 0 Å². The van der Waals surface area contributed by atoms with Crippen LogP contribution in [0.4, 0.5) is 18.0 Å². The van der Waals surface area contributed by atoms with Crippen LogP contribution in [0.1, 0.15) is 16.7 Å². The molecule has 2 aromatic carbocycles. The number of methoxy groups -OCH3 is 1. The predicted octanol–water partition coefficient (Wildman–Crippen LogP) is 2.72. The van der Waals surface area contributed by atoms with Crippen molar-refractivity contribution in [3.63, 3.8) is 0 Å². The van der Waals surface area contributed by atoms with E-state index in [2.05, 4.69) is 4.74 Å². The highest BCUT2D eigenvalue weighted by Gasteiger charge is 2.35. The van der Waals surface area contributed by atoms with E-state index < -0.39 is 41.9 Å². The molecule has 2 unspecified atom stereocenters. The average Bonchev–Trinajstić information content (AvgIpc) is 3.05. The molecule has 32 heavy (non-hydrogen) atoms. The Labute approximate surface area is 180 Å². The van der Waals surface area contributed by atoms with Gasteiger partial charge in [-0.25, -0.2) is 4.79 Å². The van der Waals surface area contributed by atoms with E-state index in [-0.39, 0.29) is 29.9 Å². The molecule has 2 aromatic rings. The first kappa shape index (κ1) is 23.1. The van der Waals surface area contributed by atoms with Gasteiger partial charge in [-0.05, 0) is 41.8 Å². The fourth-order valence-corrected chi connectivity index (χ4v) is 3.10. The first-order valence-electron chi connectivity index (χ1n) is 9.38. The van der Waals surface area contributed by atoms with Crippen molar-refractivity contribution < 1.29 is 41.8 Å². The lowest BCUT2D eigenvalue weighted by Crippen LogP contribution is -2.34. The third-order valence-corrected chi connectivity index (χ3v) is 4.68. The van der Waals surface area contributed by atoms with Gasteiger partial charge in [-0.15, -0.1) is 0 Å². The summed E-state index contributed by atoms with van der Waals surface area (Å²) in [4.78, 5) is 34.1. The predicted molar refractivity (Wildman–Crippen MR) is 104 cm³/mol. The Morgan fingerprint density at radius 3 is 2.38 bits per heavy atom. The van der Waals surface area contributed by atoms with E-state index in [0.29, 0.717) is 5.56 Å². The zero-order valence-corrected chi connectivity index (χ0v) is 16.8. The van der Waals surface area contributed by atoms with E-state index >= 15 is 0 Å². The molecule has 2 atom stereocenters. The van der Waals surface area contributed by atoms with Gasteiger partial charge in [-0.2, -0.15) is 13.2 Å². The Bertz CT molecular complexity index is 1020. The Balaban J connectivity index is 1.73. The van der Waals surface area contributed by atoms with Crippen LogP contribution in [0.3, 0.4) is 0 Å². The molecule has 0 aliphatic carbocycles. The summed E-state index contributed by atoms with van der Waals surface area (Å²) in [6, 6.07) is 8.35. The summed E-state index contributed by atoms with van der Waals surface area (Å²) in [6.45, 7) is 0. The molecule has 1 aliphatic rings. The topological polar surface area (TPSA) is 117 Å². The number of carbonyl (C=O) groups excluding carboxylic acids is 3. The normalized spacial score (nSPS) is 16.8. The zero-order chi connectivity index (χ0) is 23.5. The van der Waals surface area contributed by atoms with Gasteiger partial charge in [0.25, 0.3) is 5.91 Å². The first-order chi connectivity index (χ1) is 15.1. The van der Waals surface area contributed by atoms with Crippen LogP contribution < -0.4 is 15.8 Å². The largest absolute Gasteiger partial charge is 0.468 e. The van der Waals surface area contributed by atoms with Crippen molar-refractivity contribution in [1.82, 2.24) is 5.32 Å². The number of hydrogen-bond acceptors (Lipinski definition) is 7. The maximum atomic E-state index is 13.5. The lowest BCUT2D eigenvalue weighted by molar-refractivity contribution is -0.143. The molecule has 1 heterocycles. The highest BCUT2D eigenvalue weighted by atomic mass is 19.4. The molecule has 0 aromatic heterocycles. The number of alkyl carbamates (subject to hydrolysis) is 1. The van der Waals surface area contributed by atoms with Crippen molar-refractivity contribution in [3.05, 3.63) is 59.2 Å². The lowest BCUT2D eigenvalue weighted by Gasteiger charge is -2.17. The average molecular weight is 452 g/mol. The number of esters is 1. The fraction of sp³-hybridized carbons (Fsp3) is 0.286. The zero-order valence-electron chi connectivity index (χ0n) is 16.8. The Morgan fingerprint density at radius 1 is 1.16 bits per heavy atom. The number of cyclic esters (lactones) is 1. The molecule has 0 bridgehead atoms. The fourth-order valence-electron chi connectivity index (χ4n) is 3.10. The molecule has 0 saturated carbocycles. The molecule has 1 fully saturated rings. The third-order valence-electron chi connectivity index (χ3n) is 4.68. The summed E-state index contributed by atoms with van der Waals surface area (Å²) < 4.78 is 55.4. The smallest absolute Gasteiger partial charge is 0.416 e. The van der Waals surface area contributed by atoms with Crippen molar-refractivity contribution in [2.24, 2.45) is 5.73 Å². The quantitative estimate of drug-likeness (QED) is 0.621. The van der Waals surface area contributed by atoms with Crippen molar-refractivity contribution >= 4 is 18.0 Å². The van der Waals surface area contributed by atoms with Crippen LogP contribution in [-0.4, -0.2) is 37.2 Å². The van der Waals surface area contributed by atoms with Crippen molar-refractivity contribution in [3.8, 4) is 11.5 Å². The van der Waals surface area contributed by atoms with Gasteiger partial charge in [0, 0.05) is 6.42 Å². The van der Waals surface area contributed by atoms with Crippen LogP contribution in [0.5, 0.6) is 11.5 Å². The minimum atomic E-state index is -4.69. The molecule has 1 aliphatic heterocycles. The second-order valence-corrected chi connectivity index (χ2v) is 6.98. The van der Waals surface area contributed by atoms with Crippen LogP contribution in [-0.2, 0) is 38.1 Å². The molecular weight excluding hydrogens is 433 g/mol. The standard InChI is InChI=1S/C21H19F3N2O6/c1-30-19(28)16(25)9-12-4-7-14(10-15(12)21(22,23)24)31-13-5-2-11(3-6-13)8-17-18(27)26-20(29)32-17/h2-7,10,16-17H,8-9,25H2,1H3,(H,26,27,29). The van der Waals surface area contributed by atoms with E-state index in [4.69, 9.17) is 15.2 Å². The molecule has 0 spiro atoms. The van der Waals surface area contributed by atoms with E-state index in [9.17, 15) is 27.6 Å². The number of halogens is 3. The van der Waals surface area contributed by atoms with Gasteiger partial charge >= 0.3 is 18.2 Å². The van der Waals surface area contributed by atoms with Crippen LogP contribution >= 0.6 is 0 Å². The molecule has 3 N–H and O–H groups in total. The lowest BCUT2D eigenvalue weighted by atomic mass is 9.99. The van der Waals surface area contributed by atoms with Crippen LogP contribution in [0.25, 0.3) is 0 Å². The maximum Gasteiger partial charge on any atom is 0.416 e. The number of carbonyl (C=O) groups is 3. The number of nitrogens with one attached hydrogen (secondary N) is 1. The van der Waals surface area contributed by atoms with Crippen molar-refractivity contribution in [2.45, 2.75) is 31.2 Å². The van der Waals surface area contributed by atoms with E-state index in [1.54, 1.807) is 12.1 Å². The molecule has 8 nitrogen and oxygen atoms in total. The molecule has 3 rings (SSSR count). The van der Waals surface area contributed by atoms with Gasteiger partial charge in [-0.3, -0.25) is 14.9 Å². The summed E-state index contributed by atoms with van der Waals surface area (Å²) >= 11 is 0. The highest BCUT2D eigenvalue weighted by Crippen LogP contribution is 2.36. The van der Waals surface area contributed by atoms with Crippen molar-refractivity contribution in [2.75, 3.05) is 7.11 Å². The molecule has 11 heteroatoms. The number of hydrogen-bond donors (Lipinski definition) is 2. The molecular formula is C21H19F3N2O6. The number of ether oxygens (including phenoxy) is 3.